The Morgan fingerprint density at radius 2 is 1.48 bits per heavy atom. The van der Waals surface area contributed by atoms with Crippen LogP contribution < -0.4 is 16.4 Å². The summed E-state index contributed by atoms with van der Waals surface area (Å²) in [5.74, 6) is -0.287. The molecule has 4 N–H and O–H groups in total. The van der Waals surface area contributed by atoms with Gasteiger partial charge in [-0.1, -0.05) is 36.4 Å². The van der Waals surface area contributed by atoms with Crippen LogP contribution in [0.5, 0.6) is 0 Å². The SMILES string of the molecule is Nc1cccc(CCC(=O)Nc2cccc(NC(=O)c3ccccc3)c2)c1. The summed E-state index contributed by atoms with van der Waals surface area (Å²) in [6, 6.07) is 23.6. The van der Waals surface area contributed by atoms with Crippen molar-refractivity contribution in [2.24, 2.45) is 0 Å². The molecule has 0 radical (unpaired) electrons. The second kappa shape index (κ2) is 8.67. The molecule has 0 aliphatic heterocycles. The fourth-order valence-corrected chi connectivity index (χ4v) is 2.70. The minimum atomic E-state index is -0.194. The van der Waals surface area contributed by atoms with Gasteiger partial charge in [-0.15, -0.1) is 0 Å². The number of hydrogen-bond acceptors (Lipinski definition) is 3. The Balaban J connectivity index is 1.57. The van der Waals surface area contributed by atoms with Crippen molar-refractivity contribution in [3.05, 3.63) is 90.0 Å². The summed E-state index contributed by atoms with van der Waals surface area (Å²) in [5.41, 5.74) is 9.30. The van der Waals surface area contributed by atoms with Crippen LogP contribution in [0, 0.1) is 0 Å². The number of rotatable bonds is 6. The summed E-state index contributed by atoms with van der Waals surface area (Å²) < 4.78 is 0. The molecule has 0 heterocycles. The van der Waals surface area contributed by atoms with Crippen molar-refractivity contribution >= 4 is 28.9 Å². The molecular weight excluding hydrogens is 338 g/mol. The summed E-state index contributed by atoms with van der Waals surface area (Å²) >= 11 is 0. The van der Waals surface area contributed by atoms with E-state index >= 15 is 0 Å². The third-order valence-corrected chi connectivity index (χ3v) is 4.03. The average Bonchev–Trinajstić information content (AvgIpc) is 2.67. The zero-order chi connectivity index (χ0) is 19.1. The number of carbonyl (C=O) groups excluding carboxylic acids is 2. The van der Waals surface area contributed by atoms with Gasteiger partial charge in [-0.05, 0) is 54.4 Å². The largest absolute Gasteiger partial charge is 0.399 e. The highest BCUT2D eigenvalue weighted by atomic mass is 16.2. The molecule has 3 rings (SSSR count). The van der Waals surface area contributed by atoms with Crippen molar-refractivity contribution in [2.45, 2.75) is 12.8 Å². The Kier molecular flexibility index (Phi) is 5.84. The van der Waals surface area contributed by atoms with Gasteiger partial charge in [-0.2, -0.15) is 0 Å². The fraction of sp³-hybridized carbons (Fsp3) is 0.0909. The van der Waals surface area contributed by atoms with Crippen LogP contribution in [0.3, 0.4) is 0 Å². The number of nitrogens with two attached hydrogens (primary N) is 1. The molecule has 0 atom stereocenters. The molecule has 0 aromatic heterocycles. The molecule has 3 aromatic rings. The summed E-state index contributed by atoms with van der Waals surface area (Å²) in [6.45, 7) is 0. The van der Waals surface area contributed by atoms with Gasteiger partial charge >= 0.3 is 0 Å². The van der Waals surface area contributed by atoms with Gasteiger partial charge in [-0.25, -0.2) is 0 Å². The predicted molar refractivity (Wildman–Crippen MR) is 109 cm³/mol. The molecule has 27 heavy (non-hydrogen) atoms. The van der Waals surface area contributed by atoms with Crippen molar-refractivity contribution in [3.8, 4) is 0 Å². The van der Waals surface area contributed by atoms with E-state index in [9.17, 15) is 9.59 Å². The van der Waals surface area contributed by atoms with Crippen LogP contribution in [0.2, 0.25) is 0 Å². The van der Waals surface area contributed by atoms with Crippen LogP contribution in [0.1, 0.15) is 22.3 Å². The second-order valence-corrected chi connectivity index (χ2v) is 6.19. The first-order valence-electron chi connectivity index (χ1n) is 8.71. The number of carbonyl (C=O) groups is 2. The number of benzene rings is 3. The zero-order valence-corrected chi connectivity index (χ0v) is 14.8. The van der Waals surface area contributed by atoms with Crippen LogP contribution in [0.4, 0.5) is 17.1 Å². The molecule has 0 bridgehead atoms. The lowest BCUT2D eigenvalue weighted by Crippen LogP contribution is -2.14. The van der Waals surface area contributed by atoms with Gasteiger partial charge in [0.25, 0.3) is 5.91 Å². The van der Waals surface area contributed by atoms with Gasteiger partial charge in [-0.3, -0.25) is 9.59 Å². The molecule has 0 saturated heterocycles. The number of hydrogen-bond donors (Lipinski definition) is 3. The smallest absolute Gasteiger partial charge is 0.255 e. The van der Waals surface area contributed by atoms with E-state index in [0.717, 1.165) is 5.56 Å². The van der Waals surface area contributed by atoms with Crippen molar-refractivity contribution < 1.29 is 9.59 Å². The minimum Gasteiger partial charge on any atom is -0.399 e. The lowest BCUT2D eigenvalue weighted by Gasteiger charge is -2.09. The highest BCUT2D eigenvalue weighted by Gasteiger charge is 2.07. The molecule has 3 aromatic carbocycles. The number of anilines is 3. The Bertz CT molecular complexity index is 939. The summed E-state index contributed by atoms with van der Waals surface area (Å²) in [7, 11) is 0. The zero-order valence-electron chi connectivity index (χ0n) is 14.8. The Labute approximate surface area is 158 Å². The van der Waals surface area contributed by atoms with E-state index < -0.39 is 0 Å². The Morgan fingerprint density at radius 3 is 2.22 bits per heavy atom. The van der Waals surface area contributed by atoms with E-state index in [0.29, 0.717) is 35.5 Å². The number of amides is 2. The van der Waals surface area contributed by atoms with E-state index in [2.05, 4.69) is 10.6 Å². The third-order valence-electron chi connectivity index (χ3n) is 4.03. The first kappa shape index (κ1) is 18.2. The standard InChI is InChI=1S/C22H21N3O2/c23-18-9-4-6-16(14-18)12-13-21(26)24-19-10-5-11-20(15-19)25-22(27)17-7-2-1-3-8-17/h1-11,14-15H,12-13,23H2,(H,24,26)(H,25,27). The summed E-state index contributed by atoms with van der Waals surface area (Å²) in [5, 5.41) is 5.69. The lowest BCUT2D eigenvalue weighted by molar-refractivity contribution is -0.116. The van der Waals surface area contributed by atoms with Crippen molar-refractivity contribution in [1.82, 2.24) is 0 Å². The minimum absolute atomic E-state index is 0.0936. The van der Waals surface area contributed by atoms with E-state index in [-0.39, 0.29) is 11.8 Å². The predicted octanol–water partition coefficient (Wildman–Crippen LogP) is 4.09. The lowest BCUT2D eigenvalue weighted by atomic mass is 10.1. The maximum atomic E-state index is 12.2. The van der Waals surface area contributed by atoms with Crippen LogP contribution in [0.15, 0.2) is 78.9 Å². The first-order valence-corrected chi connectivity index (χ1v) is 8.71. The van der Waals surface area contributed by atoms with E-state index in [4.69, 9.17) is 5.73 Å². The highest BCUT2D eigenvalue weighted by molar-refractivity contribution is 6.04. The van der Waals surface area contributed by atoms with Crippen molar-refractivity contribution in [1.29, 1.82) is 0 Å². The molecule has 0 fully saturated rings. The third kappa shape index (κ3) is 5.44. The fourth-order valence-electron chi connectivity index (χ4n) is 2.70. The molecule has 0 spiro atoms. The highest BCUT2D eigenvalue weighted by Crippen LogP contribution is 2.17. The summed E-state index contributed by atoms with van der Waals surface area (Å²) in [4.78, 5) is 24.4. The van der Waals surface area contributed by atoms with Gasteiger partial charge in [0.1, 0.15) is 0 Å². The Hall–Kier alpha value is -3.60. The van der Waals surface area contributed by atoms with Crippen molar-refractivity contribution in [2.75, 3.05) is 16.4 Å². The van der Waals surface area contributed by atoms with Gasteiger partial charge in [0.2, 0.25) is 5.91 Å². The molecule has 0 aliphatic carbocycles. The van der Waals surface area contributed by atoms with Gasteiger partial charge in [0.05, 0.1) is 0 Å². The maximum absolute atomic E-state index is 12.2. The number of nitrogens with one attached hydrogen (secondary N) is 2. The molecule has 2 amide bonds. The van der Waals surface area contributed by atoms with Crippen molar-refractivity contribution in [3.63, 3.8) is 0 Å². The van der Waals surface area contributed by atoms with Gasteiger partial charge < -0.3 is 16.4 Å². The van der Waals surface area contributed by atoms with E-state index in [1.807, 2.05) is 42.5 Å². The van der Waals surface area contributed by atoms with E-state index in [1.54, 1.807) is 36.4 Å². The van der Waals surface area contributed by atoms with Gasteiger partial charge in [0.15, 0.2) is 0 Å². The first-order chi connectivity index (χ1) is 13.1. The molecule has 0 aliphatic rings. The van der Waals surface area contributed by atoms with Crippen LogP contribution in [-0.2, 0) is 11.2 Å². The summed E-state index contributed by atoms with van der Waals surface area (Å²) in [6.07, 6.45) is 0.964. The monoisotopic (exact) mass is 359 g/mol. The topological polar surface area (TPSA) is 84.2 Å². The van der Waals surface area contributed by atoms with E-state index in [1.165, 1.54) is 0 Å². The molecule has 5 nitrogen and oxygen atoms in total. The second-order valence-electron chi connectivity index (χ2n) is 6.19. The maximum Gasteiger partial charge on any atom is 0.255 e. The van der Waals surface area contributed by atoms with Gasteiger partial charge in [0, 0.05) is 29.0 Å². The number of aryl methyl sites for hydroxylation is 1. The molecule has 0 saturated carbocycles. The van der Waals surface area contributed by atoms with Crippen LogP contribution in [0.25, 0.3) is 0 Å². The Morgan fingerprint density at radius 1 is 0.778 bits per heavy atom. The average molecular weight is 359 g/mol. The quantitative estimate of drug-likeness (QED) is 0.580. The molecule has 0 unspecified atom stereocenters. The molecule has 136 valence electrons. The van der Waals surface area contributed by atoms with Crippen LogP contribution in [-0.4, -0.2) is 11.8 Å². The normalized spacial score (nSPS) is 10.2. The number of nitrogen functional groups attached to an aromatic ring is 1. The van der Waals surface area contributed by atoms with Crippen LogP contribution >= 0.6 is 0 Å². The molecule has 5 heteroatoms. The molecular formula is C22H21N3O2.